The Labute approximate surface area is 78.5 Å². The maximum atomic E-state index is 2.29. The molecule has 11 heavy (non-hydrogen) atoms. The zero-order valence-corrected chi connectivity index (χ0v) is 11.4. The third-order valence-corrected chi connectivity index (χ3v) is 5.14. The molecule has 0 aliphatic heterocycles. The van der Waals surface area contributed by atoms with Crippen LogP contribution in [-0.2, 0) is 17.1 Å². The molecule has 2 nitrogen and oxygen atoms in total. The van der Waals surface area contributed by atoms with Gasteiger partial charge in [0.25, 0.3) is 0 Å². The number of hydrogen-bond acceptors (Lipinski definition) is 2. The van der Waals surface area contributed by atoms with Gasteiger partial charge in [-0.1, -0.05) is 0 Å². The summed E-state index contributed by atoms with van der Waals surface area (Å²) in [6, 6.07) is 0. The number of hydrogen-bond donors (Lipinski definition) is 0. The molecule has 0 fully saturated rings. The van der Waals surface area contributed by atoms with Crippen LogP contribution in [0.5, 0.6) is 0 Å². The number of nitrogens with zero attached hydrogens (tertiary/aromatic N) is 2. The molecule has 0 unspecified atom stereocenters. The second-order valence-corrected chi connectivity index (χ2v) is 8.12. The van der Waals surface area contributed by atoms with E-state index in [1.54, 1.807) is 0 Å². The van der Waals surface area contributed by atoms with E-state index in [0.717, 1.165) is 0 Å². The van der Waals surface area contributed by atoms with E-state index in [9.17, 15) is 0 Å². The van der Waals surface area contributed by atoms with Gasteiger partial charge in [0.1, 0.15) is 0 Å². The van der Waals surface area contributed by atoms with Crippen molar-refractivity contribution in [3.8, 4) is 0 Å². The molecule has 0 rings (SSSR count). The van der Waals surface area contributed by atoms with Crippen molar-refractivity contribution >= 4 is 0 Å². The van der Waals surface area contributed by atoms with Crippen molar-refractivity contribution in [2.75, 3.05) is 41.3 Å². The van der Waals surface area contributed by atoms with Crippen LogP contribution in [0.2, 0.25) is 10.0 Å². The molecule has 0 atom stereocenters. The first-order valence-corrected chi connectivity index (χ1v) is 8.62. The van der Waals surface area contributed by atoms with Gasteiger partial charge in [-0.05, 0) is 0 Å². The molecule has 0 aromatic carbocycles. The average molecular weight is 210 g/mol. The molecule has 0 saturated heterocycles. The summed E-state index contributed by atoms with van der Waals surface area (Å²) < 4.78 is 0. The Bertz CT molecular complexity index is 74.2. The molecule has 0 radical (unpaired) electrons. The summed E-state index contributed by atoms with van der Waals surface area (Å²) in [5, 5.41) is 3.04. The van der Waals surface area contributed by atoms with E-state index in [1.165, 1.54) is 23.1 Å². The molecule has 0 aliphatic carbocycles. The van der Waals surface area contributed by atoms with Crippen LogP contribution in [0.1, 0.15) is 0 Å². The summed E-state index contributed by atoms with van der Waals surface area (Å²) in [4.78, 5) is 4.59. The first-order chi connectivity index (χ1) is 5.13. The Morgan fingerprint density at radius 3 is 1.45 bits per heavy atom. The summed E-state index contributed by atoms with van der Waals surface area (Å²) in [6.07, 6.45) is 0. The molecule has 0 aliphatic rings. The minimum absolute atomic E-state index is 0.148. The van der Waals surface area contributed by atoms with Crippen LogP contribution in [-0.4, -0.2) is 51.1 Å². The van der Waals surface area contributed by atoms with Crippen molar-refractivity contribution in [2.24, 2.45) is 0 Å². The molecule has 0 N–H and O–H groups in total. The molecular weight excluding hydrogens is 189 g/mol. The predicted octanol–water partition coefficient (Wildman–Crippen LogP) is 1.03. The van der Waals surface area contributed by atoms with Gasteiger partial charge in [0.15, 0.2) is 0 Å². The van der Waals surface area contributed by atoms with Gasteiger partial charge >= 0.3 is 78.2 Å². The second kappa shape index (κ2) is 7.21. The normalized spacial score (nSPS) is 10.7. The average Bonchev–Trinajstić information content (AvgIpc) is 1.85. The summed E-state index contributed by atoms with van der Waals surface area (Å²) in [7, 11) is 8.64. The van der Waals surface area contributed by atoms with Gasteiger partial charge < -0.3 is 0 Å². The van der Waals surface area contributed by atoms with Crippen LogP contribution in [0.25, 0.3) is 0 Å². The SMILES string of the molecule is CN(C)C[CH2][Zn][CH2]CN(C)C. The van der Waals surface area contributed by atoms with Crippen molar-refractivity contribution in [3.05, 3.63) is 0 Å². The topological polar surface area (TPSA) is 6.48 Å². The molecule has 0 spiro atoms. The molecule has 0 amide bonds. The number of rotatable bonds is 6. The quantitative estimate of drug-likeness (QED) is 0.476. The zero-order valence-electron chi connectivity index (χ0n) is 8.43. The third kappa shape index (κ3) is 10.5. The Balaban J connectivity index is 2.91. The predicted molar refractivity (Wildman–Crippen MR) is 46.7 cm³/mol. The molecule has 3 heteroatoms. The Morgan fingerprint density at radius 2 is 1.18 bits per heavy atom. The van der Waals surface area contributed by atoms with Gasteiger partial charge in [0, 0.05) is 0 Å². The van der Waals surface area contributed by atoms with Crippen molar-refractivity contribution in [2.45, 2.75) is 10.0 Å². The van der Waals surface area contributed by atoms with Crippen molar-refractivity contribution in [1.29, 1.82) is 0 Å². The van der Waals surface area contributed by atoms with Gasteiger partial charge in [0.05, 0.1) is 0 Å². The fourth-order valence-corrected chi connectivity index (χ4v) is 5.37. The third-order valence-electron chi connectivity index (χ3n) is 1.71. The van der Waals surface area contributed by atoms with E-state index < -0.39 is 0 Å². The summed E-state index contributed by atoms with van der Waals surface area (Å²) in [5.41, 5.74) is 0. The first kappa shape index (κ1) is 11.5. The molecular formula is C8H20N2Zn. The summed E-state index contributed by atoms with van der Waals surface area (Å²) >= 11 is -0.148. The fraction of sp³-hybridized carbons (Fsp3) is 1.00. The van der Waals surface area contributed by atoms with Crippen molar-refractivity contribution in [1.82, 2.24) is 9.80 Å². The fourth-order valence-electron chi connectivity index (χ4n) is 1.03. The van der Waals surface area contributed by atoms with Gasteiger partial charge in [-0.3, -0.25) is 0 Å². The van der Waals surface area contributed by atoms with E-state index in [2.05, 4.69) is 38.0 Å². The van der Waals surface area contributed by atoms with Gasteiger partial charge in [-0.15, -0.1) is 0 Å². The monoisotopic (exact) mass is 208 g/mol. The maximum absolute atomic E-state index is 2.29. The van der Waals surface area contributed by atoms with E-state index in [4.69, 9.17) is 0 Å². The second-order valence-electron chi connectivity index (χ2n) is 3.67. The first-order valence-electron chi connectivity index (χ1n) is 4.42. The van der Waals surface area contributed by atoms with Crippen LogP contribution in [0.4, 0.5) is 0 Å². The van der Waals surface area contributed by atoms with Crippen molar-refractivity contribution < 1.29 is 17.1 Å². The molecule has 0 aromatic rings. The van der Waals surface area contributed by atoms with Gasteiger partial charge in [-0.25, -0.2) is 0 Å². The van der Waals surface area contributed by atoms with Crippen LogP contribution < -0.4 is 0 Å². The zero-order chi connectivity index (χ0) is 8.69. The Morgan fingerprint density at radius 1 is 0.818 bits per heavy atom. The van der Waals surface area contributed by atoms with Gasteiger partial charge in [-0.2, -0.15) is 0 Å². The van der Waals surface area contributed by atoms with Crippen LogP contribution in [0, 0.1) is 0 Å². The van der Waals surface area contributed by atoms with Crippen LogP contribution >= 0.6 is 0 Å². The molecule has 0 saturated carbocycles. The van der Waals surface area contributed by atoms with E-state index in [-0.39, 0.29) is 17.1 Å². The molecule has 0 heterocycles. The van der Waals surface area contributed by atoms with E-state index in [0.29, 0.717) is 0 Å². The standard InChI is InChI=1S/2C4H10N.Zn/c2*1-4-5(2)3;/h2*1,4H2,2-3H3;. The van der Waals surface area contributed by atoms with Gasteiger partial charge in [0.2, 0.25) is 0 Å². The summed E-state index contributed by atoms with van der Waals surface area (Å²) in [6.45, 7) is 2.63. The molecule has 0 bridgehead atoms. The van der Waals surface area contributed by atoms with Crippen molar-refractivity contribution in [3.63, 3.8) is 0 Å². The Hall–Kier alpha value is 0.543. The van der Waals surface area contributed by atoms with E-state index >= 15 is 0 Å². The molecule has 0 aromatic heterocycles. The molecule has 64 valence electrons. The van der Waals surface area contributed by atoms with Crippen LogP contribution in [0.3, 0.4) is 0 Å². The summed E-state index contributed by atoms with van der Waals surface area (Å²) in [5.74, 6) is 0. The minimum atomic E-state index is -0.148. The Kier molecular flexibility index (Phi) is 7.56. The van der Waals surface area contributed by atoms with E-state index in [1.807, 2.05) is 0 Å². The van der Waals surface area contributed by atoms with Crippen LogP contribution in [0.15, 0.2) is 0 Å².